The highest BCUT2D eigenvalue weighted by Gasteiger charge is 2.26. The van der Waals surface area contributed by atoms with Gasteiger partial charge in [-0.2, -0.15) is 10.4 Å². The van der Waals surface area contributed by atoms with E-state index in [9.17, 15) is 10.1 Å². The Hall–Kier alpha value is -3.24. The Labute approximate surface area is 157 Å². The molecule has 0 saturated heterocycles. The van der Waals surface area contributed by atoms with Gasteiger partial charge >= 0.3 is 0 Å². The summed E-state index contributed by atoms with van der Waals surface area (Å²) in [4.78, 5) is 12.9. The number of nitrogens with two attached hydrogens (primary N) is 1. The molecule has 7 heteroatoms. The summed E-state index contributed by atoms with van der Waals surface area (Å²) in [5.41, 5.74) is 11.0. The van der Waals surface area contributed by atoms with Gasteiger partial charge in [0.25, 0.3) is 5.91 Å². The lowest BCUT2D eigenvalue weighted by Gasteiger charge is -2.16. The summed E-state index contributed by atoms with van der Waals surface area (Å²) < 4.78 is 0. The molecule has 1 amide bonds. The fourth-order valence-corrected chi connectivity index (χ4v) is 2.54. The molecular formula is C19H19N5OS. The van der Waals surface area contributed by atoms with Gasteiger partial charge in [-0.25, -0.2) is 0 Å². The van der Waals surface area contributed by atoms with Crippen LogP contribution in [0.2, 0.25) is 0 Å². The minimum atomic E-state index is -0.873. The molecule has 2 aromatic rings. The summed E-state index contributed by atoms with van der Waals surface area (Å²) in [6, 6.07) is 16.8. The van der Waals surface area contributed by atoms with Gasteiger partial charge in [-0.1, -0.05) is 48.5 Å². The number of hydrogen-bond donors (Lipinski definition) is 3. The lowest BCUT2D eigenvalue weighted by molar-refractivity contribution is -0.110. The lowest BCUT2D eigenvalue weighted by Crippen LogP contribution is -2.33. The van der Waals surface area contributed by atoms with E-state index in [0.29, 0.717) is 11.3 Å². The van der Waals surface area contributed by atoms with Crippen molar-refractivity contribution in [3.05, 3.63) is 65.2 Å². The smallest absolute Gasteiger partial charge is 0.273 e. The molecule has 0 unspecified atom stereocenters. The van der Waals surface area contributed by atoms with Crippen molar-refractivity contribution in [2.75, 3.05) is 5.32 Å². The Kier molecular flexibility index (Phi) is 6.42. The van der Waals surface area contributed by atoms with Crippen molar-refractivity contribution < 1.29 is 4.79 Å². The fourth-order valence-electron chi connectivity index (χ4n) is 2.49. The van der Waals surface area contributed by atoms with Crippen molar-refractivity contribution in [3.8, 4) is 6.07 Å². The molecule has 0 saturated carbocycles. The highest BCUT2D eigenvalue weighted by Crippen LogP contribution is 2.22. The molecule has 0 aromatic heterocycles. The first-order valence-corrected chi connectivity index (χ1v) is 8.30. The topological polar surface area (TPSA) is 103 Å². The molecule has 0 spiro atoms. The van der Waals surface area contributed by atoms with E-state index in [1.807, 2.05) is 38.1 Å². The highest BCUT2D eigenvalue weighted by atomic mass is 32.1. The number of rotatable bonds is 5. The first-order valence-electron chi connectivity index (χ1n) is 7.89. The molecule has 1 atom stereocenters. The molecule has 0 aliphatic carbocycles. The number of carbonyl (C=O) groups excluding carboxylic acids is 1. The van der Waals surface area contributed by atoms with Crippen LogP contribution in [0, 0.1) is 25.2 Å². The lowest BCUT2D eigenvalue weighted by atomic mass is 9.94. The number of nitriles is 1. The number of para-hydroxylation sites is 1. The molecule has 0 radical (unpaired) electrons. The number of hydrazone groups is 1. The number of nitrogens with one attached hydrogen (secondary N) is 2. The SMILES string of the molecule is Cc1cccc(C)c1NC(=O)/C(=N/NC(N)=S)[C@H](C#N)c1ccccc1. The Bertz CT molecular complexity index is 866. The van der Waals surface area contributed by atoms with E-state index < -0.39 is 11.8 Å². The van der Waals surface area contributed by atoms with Crippen LogP contribution in [0.25, 0.3) is 0 Å². The molecule has 4 N–H and O–H groups in total. The molecule has 0 aliphatic heterocycles. The molecule has 26 heavy (non-hydrogen) atoms. The summed E-state index contributed by atoms with van der Waals surface area (Å²) in [7, 11) is 0. The maximum absolute atomic E-state index is 12.9. The Balaban J connectivity index is 2.41. The van der Waals surface area contributed by atoms with Gasteiger partial charge in [-0.3, -0.25) is 10.2 Å². The second-order valence-corrected chi connectivity index (χ2v) is 6.11. The van der Waals surface area contributed by atoms with Crippen LogP contribution in [0.5, 0.6) is 0 Å². The number of amides is 1. The van der Waals surface area contributed by atoms with Crippen molar-refractivity contribution in [1.82, 2.24) is 5.43 Å². The van der Waals surface area contributed by atoms with Crippen LogP contribution in [-0.2, 0) is 4.79 Å². The van der Waals surface area contributed by atoms with Gasteiger partial charge in [-0.15, -0.1) is 0 Å². The molecule has 2 aromatic carbocycles. The van der Waals surface area contributed by atoms with Crippen LogP contribution in [0.15, 0.2) is 53.6 Å². The van der Waals surface area contributed by atoms with Crippen molar-refractivity contribution in [1.29, 1.82) is 5.26 Å². The Morgan fingerprint density at radius 2 is 1.77 bits per heavy atom. The standard InChI is InChI=1S/C19H19N5OS/c1-12-7-6-8-13(2)16(12)22-18(25)17(23-24-19(21)26)15(11-20)14-9-4-3-5-10-14/h3-10,15H,1-2H3,(H,22,25)(H3,21,24,26)/b23-17+/t15-/m1/s1. The minimum absolute atomic E-state index is 0.0193. The predicted octanol–water partition coefficient (Wildman–Crippen LogP) is 2.74. The first-order chi connectivity index (χ1) is 12.4. The zero-order valence-corrected chi connectivity index (χ0v) is 15.3. The number of carbonyl (C=O) groups is 1. The minimum Gasteiger partial charge on any atom is -0.375 e. The summed E-state index contributed by atoms with van der Waals surface area (Å²) >= 11 is 4.76. The third-order valence-corrected chi connectivity index (χ3v) is 3.87. The number of anilines is 1. The molecule has 0 bridgehead atoms. The fraction of sp³-hybridized carbons (Fsp3) is 0.158. The molecule has 132 valence electrons. The summed E-state index contributed by atoms with van der Waals surface area (Å²) in [5.74, 6) is -1.37. The molecule has 6 nitrogen and oxygen atoms in total. The van der Waals surface area contributed by atoms with Crippen LogP contribution in [0.4, 0.5) is 5.69 Å². The molecule has 0 fully saturated rings. The van der Waals surface area contributed by atoms with Crippen molar-refractivity contribution in [2.45, 2.75) is 19.8 Å². The average Bonchev–Trinajstić information content (AvgIpc) is 2.62. The van der Waals surface area contributed by atoms with E-state index in [1.54, 1.807) is 24.3 Å². The molecule has 2 rings (SSSR count). The van der Waals surface area contributed by atoms with E-state index in [4.69, 9.17) is 18.0 Å². The molecule has 0 aliphatic rings. The second-order valence-electron chi connectivity index (χ2n) is 5.67. The maximum Gasteiger partial charge on any atom is 0.273 e. The zero-order chi connectivity index (χ0) is 19.1. The largest absolute Gasteiger partial charge is 0.375 e. The van der Waals surface area contributed by atoms with Gasteiger partial charge in [0.2, 0.25) is 0 Å². The first kappa shape index (κ1) is 19.1. The number of nitrogens with zero attached hydrogens (tertiary/aromatic N) is 2. The van der Waals surface area contributed by atoms with E-state index in [-0.39, 0.29) is 10.8 Å². The quantitative estimate of drug-likeness (QED) is 0.429. The van der Waals surface area contributed by atoms with E-state index in [0.717, 1.165) is 11.1 Å². The van der Waals surface area contributed by atoms with Crippen LogP contribution >= 0.6 is 12.2 Å². The van der Waals surface area contributed by atoms with Crippen LogP contribution in [-0.4, -0.2) is 16.7 Å². The predicted molar refractivity (Wildman–Crippen MR) is 107 cm³/mol. The number of hydrogen-bond acceptors (Lipinski definition) is 4. The number of thiocarbonyl (C=S) groups is 1. The third-order valence-electron chi connectivity index (χ3n) is 3.77. The van der Waals surface area contributed by atoms with Crippen molar-refractivity contribution in [2.24, 2.45) is 10.8 Å². The van der Waals surface area contributed by atoms with Gasteiger partial charge < -0.3 is 11.1 Å². The van der Waals surface area contributed by atoms with Crippen molar-refractivity contribution in [3.63, 3.8) is 0 Å². The second kappa shape index (κ2) is 8.74. The van der Waals surface area contributed by atoms with Crippen LogP contribution in [0.1, 0.15) is 22.6 Å². The number of aryl methyl sites for hydroxylation is 2. The van der Waals surface area contributed by atoms with Gasteiger partial charge in [0.1, 0.15) is 11.6 Å². The third kappa shape index (κ3) is 4.65. The average molecular weight is 365 g/mol. The van der Waals surface area contributed by atoms with Gasteiger partial charge in [-0.05, 0) is 42.8 Å². The summed E-state index contributed by atoms with van der Waals surface area (Å²) in [5, 5.41) is 16.4. The van der Waals surface area contributed by atoms with Crippen molar-refractivity contribution >= 4 is 34.6 Å². The van der Waals surface area contributed by atoms with Crippen LogP contribution < -0.4 is 16.5 Å². The highest BCUT2D eigenvalue weighted by molar-refractivity contribution is 7.80. The summed E-state index contributed by atoms with van der Waals surface area (Å²) in [6.45, 7) is 3.79. The monoisotopic (exact) mass is 365 g/mol. The summed E-state index contributed by atoms with van der Waals surface area (Å²) in [6.07, 6.45) is 0. The Morgan fingerprint density at radius 1 is 1.15 bits per heavy atom. The molecule has 0 heterocycles. The number of benzene rings is 2. The van der Waals surface area contributed by atoms with Gasteiger partial charge in [0.15, 0.2) is 5.11 Å². The van der Waals surface area contributed by atoms with E-state index in [2.05, 4.69) is 21.9 Å². The Morgan fingerprint density at radius 3 is 2.31 bits per heavy atom. The normalized spacial score (nSPS) is 12.0. The molecular weight excluding hydrogens is 346 g/mol. The van der Waals surface area contributed by atoms with Gasteiger partial charge in [0.05, 0.1) is 6.07 Å². The maximum atomic E-state index is 12.9. The van der Waals surface area contributed by atoms with Crippen LogP contribution in [0.3, 0.4) is 0 Å². The van der Waals surface area contributed by atoms with E-state index in [1.165, 1.54) is 0 Å². The van der Waals surface area contributed by atoms with E-state index >= 15 is 0 Å². The van der Waals surface area contributed by atoms with Gasteiger partial charge in [0, 0.05) is 5.69 Å². The zero-order valence-electron chi connectivity index (χ0n) is 14.5.